The third kappa shape index (κ3) is 7.72. The summed E-state index contributed by atoms with van der Waals surface area (Å²) in [6.07, 6.45) is 26.1. The molecule has 0 spiro atoms. The fourth-order valence-corrected chi connectivity index (χ4v) is 9.03. The molecule has 0 radical (unpaired) electrons. The molecule has 1 N–H and O–H groups in total. The van der Waals surface area contributed by atoms with Gasteiger partial charge in [-0.25, -0.2) is 0 Å². The molecule has 1 heteroatoms. The Morgan fingerprint density at radius 2 is 1.30 bits per heavy atom. The average Bonchev–Trinajstić information content (AvgIpc) is 2.86. The monoisotopic (exact) mass is 460 g/mol. The van der Waals surface area contributed by atoms with Crippen LogP contribution in [0.3, 0.4) is 0 Å². The molecular weight excluding hydrogens is 400 g/mol. The maximum absolute atomic E-state index is 9.42. The van der Waals surface area contributed by atoms with Gasteiger partial charge in [0.15, 0.2) is 0 Å². The first-order valence-electron chi connectivity index (χ1n) is 15.7. The summed E-state index contributed by atoms with van der Waals surface area (Å²) >= 11 is 0. The van der Waals surface area contributed by atoms with E-state index in [-0.39, 0.29) is 0 Å². The predicted molar refractivity (Wildman–Crippen MR) is 144 cm³/mol. The van der Waals surface area contributed by atoms with Crippen LogP contribution < -0.4 is 0 Å². The number of aliphatic hydroxyl groups excluding tert-OH is 1. The van der Waals surface area contributed by atoms with Gasteiger partial charge in [-0.2, -0.15) is 0 Å². The van der Waals surface area contributed by atoms with Crippen molar-refractivity contribution in [3.8, 4) is 0 Å². The molecule has 0 saturated heterocycles. The lowest BCUT2D eigenvalue weighted by Crippen LogP contribution is -2.38. The van der Waals surface area contributed by atoms with Crippen molar-refractivity contribution in [2.75, 3.05) is 6.61 Å². The molecule has 1 nitrogen and oxygen atoms in total. The first-order valence-corrected chi connectivity index (χ1v) is 15.7. The molecule has 0 amide bonds. The lowest BCUT2D eigenvalue weighted by Gasteiger charge is -2.47. The van der Waals surface area contributed by atoms with E-state index in [0.29, 0.717) is 6.61 Å². The number of rotatable bonds is 12. The van der Waals surface area contributed by atoms with Gasteiger partial charge in [-0.05, 0) is 111 Å². The molecule has 3 fully saturated rings. The van der Waals surface area contributed by atoms with Gasteiger partial charge >= 0.3 is 0 Å². The van der Waals surface area contributed by atoms with Gasteiger partial charge in [0.1, 0.15) is 0 Å². The summed E-state index contributed by atoms with van der Waals surface area (Å²) in [5.41, 5.74) is 0. The molecule has 0 aromatic rings. The highest BCUT2D eigenvalue weighted by molar-refractivity contribution is 4.91. The number of hydrogen-bond donors (Lipinski definition) is 1. The number of hydrogen-bond acceptors (Lipinski definition) is 1. The zero-order chi connectivity index (χ0) is 23.6. The van der Waals surface area contributed by atoms with Gasteiger partial charge < -0.3 is 5.11 Å². The van der Waals surface area contributed by atoms with Crippen molar-refractivity contribution in [2.24, 2.45) is 53.3 Å². The van der Waals surface area contributed by atoms with Crippen LogP contribution >= 0.6 is 0 Å². The zero-order valence-corrected chi connectivity index (χ0v) is 23.1. The molecule has 0 heterocycles. The molecule has 3 rings (SSSR count). The Labute approximate surface area is 208 Å². The summed E-state index contributed by atoms with van der Waals surface area (Å²) < 4.78 is 0. The van der Waals surface area contributed by atoms with Gasteiger partial charge in [0, 0.05) is 6.61 Å². The summed E-state index contributed by atoms with van der Waals surface area (Å²) in [5.74, 6) is 8.87. The van der Waals surface area contributed by atoms with Gasteiger partial charge in [0.25, 0.3) is 0 Å². The third-order valence-electron chi connectivity index (χ3n) is 11.1. The van der Waals surface area contributed by atoms with Crippen molar-refractivity contribution in [3.63, 3.8) is 0 Å². The van der Waals surface area contributed by atoms with E-state index in [9.17, 15) is 5.11 Å². The Morgan fingerprint density at radius 3 is 1.94 bits per heavy atom. The van der Waals surface area contributed by atoms with Crippen molar-refractivity contribution in [3.05, 3.63) is 0 Å². The van der Waals surface area contributed by atoms with Crippen molar-refractivity contribution < 1.29 is 5.11 Å². The van der Waals surface area contributed by atoms with Crippen molar-refractivity contribution in [2.45, 2.75) is 143 Å². The third-order valence-corrected chi connectivity index (χ3v) is 11.1. The summed E-state index contributed by atoms with van der Waals surface area (Å²) in [4.78, 5) is 0. The topological polar surface area (TPSA) is 20.2 Å². The van der Waals surface area contributed by atoms with Crippen LogP contribution in [-0.2, 0) is 0 Å². The molecule has 7 unspecified atom stereocenters. The molecule has 0 aromatic heterocycles. The van der Waals surface area contributed by atoms with Crippen molar-refractivity contribution >= 4 is 0 Å². The molecule has 3 saturated carbocycles. The predicted octanol–water partition coefficient (Wildman–Crippen LogP) is 9.67. The minimum Gasteiger partial charge on any atom is -0.396 e. The Balaban J connectivity index is 1.48. The maximum Gasteiger partial charge on any atom is 0.0433 e. The van der Waals surface area contributed by atoms with Crippen LogP contribution in [0.15, 0.2) is 0 Å². The quantitative estimate of drug-likeness (QED) is 0.307. The van der Waals surface area contributed by atoms with Crippen molar-refractivity contribution in [1.82, 2.24) is 0 Å². The fourth-order valence-electron chi connectivity index (χ4n) is 9.03. The highest BCUT2D eigenvalue weighted by Crippen LogP contribution is 2.51. The minimum atomic E-state index is 0.398. The van der Waals surface area contributed by atoms with Crippen LogP contribution in [0.1, 0.15) is 143 Å². The van der Waals surface area contributed by atoms with Crippen LogP contribution in [-0.4, -0.2) is 11.7 Å². The molecule has 0 aliphatic heterocycles. The zero-order valence-electron chi connectivity index (χ0n) is 23.1. The lowest BCUT2D eigenvalue weighted by atomic mass is 9.58. The van der Waals surface area contributed by atoms with Crippen LogP contribution in [0.25, 0.3) is 0 Å². The standard InChI is InChI=1S/C32H60O/c1-5-9-10-24(6-2)21-25-11-14-29(15-12-25)31-18-16-30(23-28(31)8-4)32-17-13-26(19-20-33)22-27(32)7-3/h24-33H,5-23H2,1-4H3. The van der Waals surface area contributed by atoms with Gasteiger partial charge in [0.05, 0.1) is 0 Å². The largest absolute Gasteiger partial charge is 0.396 e. The molecule has 0 bridgehead atoms. The van der Waals surface area contributed by atoms with Crippen LogP contribution in [0.2, 0.25) is 0 Å². The van der Waals surface area contributed by atoms with Gasteiger partial charge in [-0.3, -0.25) is 0 Å². The summed E-state index contributed by atoms with van der Waals surface area (Å²) in [6.45, 7) is 10.1. The maximum atomic E-state index is 9.42. The average molecular weight is 461 g/mol. The van der Waals surface area contributed by atoms with Gasteiger partial charge in [0.2, 0.25) is 0 Å². The van der Waals surface area contributed by atoms with E-state index in [1.54, 1.807) is 25.7 Å². The lowest BCUT2D eigenvalue weighted by molar-refractivity contribution is 0.0265. The van der Waals surface area contributed by atoms with E-state index in [1.807, 2.05) is 0 Å². The Morgan fingerprint density at radius 1 is 0.697 bits per heavy atom. The van der Waals surface area contributed by atoms with E-state index >= 15 is 0 Å². The Bertz CT molecular complexity index is 507. The second-order valence-corrected chi connectivity index (χ2v) is 12.9. The molecule has 3 aliphatic rings. The van der Waals surface area contributed by atoms with E-state index in [0.717, 1.165) is 59.7 Å². The highest BCUT2D eigenvalue weighted by atomic mass is 16.3. The first kappa shape index (κ1) is 27.5. The summed E-state index contributed by atoms with van der Waals surface area (Å²) in [5, 5.41) is 9.42. The number of aliphatic hydroxyl groups is 1. The van der Waals surface area contributed by atoms with E-state index in [1.165, 1.54) is 83.5 Å². The summed E-state index contributed by atoms with van der Waals surface area (Å²) in [7, 11) is 0. The van der Waals surface area contributed by atoms with Gasteiger partial charge in [-0.1, -0.05) is 85.5 Å². The molecule has 33 heavy (non-hydrogen) atoms. The van der Waals surface area contributed by atoms with Crippen LogP contribution in [0.5, 0.6) is 0 Å². The second-order valence-electron chi connectivity index (χ2n) is 12.9. The van der Waals surface area contributed by atoms with Crippen molar-refractivity contribution in [1.29, 1.82) is 0 Å². The smallest absolute Gasteiger partial charge is 0.0433 e. The van der Waals surface area contributed by atoms with Gasteiger partial charge in [-0.15, -0.1) is 0 Å². The Kier molecular flexibility index (Phi) is 12.1. The van der Waals surface area contributed by atoms with E-state index in [4.69, 9.17) is 0 Å². The second kappa shape index (κ2) is 14.5. The fraction of sp³-hybridized carbons (Fsp3) is 1.00. The van der Waals surface area contributed by atoms with E-state index < -0.39 is 0 Å². The Hall–Kier alpha value is -0.0400. The first-order chi connectivity index (χ1) is 16.1. The van der Waals surface area contributed by atoms with Crippen LogP contribution in [0, 0.1) is 53.3 Å². The van der Waals surface area contributed by atoms with E-state index in [2.05, 4.69) is 27.7 Å². The molecular formula is C32H60O. The highest BCUT2D eigenvalue weighted by Gasteiger charge is 2.41. The molecule has 7 atom stereocenters. The minimum absolute atomic E-state index is 0.398. The normalized spacial score (nSPS) is 38.8. The number of unbranched alkanes of at least 4 members (excludes halogenated alkanes) is 1. The molecule has 194 valence electrons. The SMILES string of the molecule is CCCCC(CC)CC1CCC(C2CCC(C3CCC(CCO)CC3CC)CC2CC)CC1. The molecule has 3 aliphatic carbocycles. The molecule has 0 aromatic carbocycles. The van der Waals surface area contributed by atoms with Crippen LogP contribution in [0.4, 0.5) is 0 Å². The summed E-state index contributed by atoms with van der Waals surface area (Å²) in [6, 6.07) is 0.